The zero-order chi connectivity index (χ0) is 11.4. The van der Waals surface area contributed by atoms with E-state index in [1.807, 2.05) is 37.3 Å². The summed E-state index contributed by atoms with van der Waals surface area (Å²) in [4.78, 5) is 4.18. The minimum atomic E-state index is 0.440. The highest BCUT2D eigenvalue weighted by atomic mass is 16.5. The Morgan fingerprint density at radius 3 is 2.81 bits per heavy atom. The number of benzene rings is 1. The van der Waals surface area contributed by atoms with Crippen LogP contribution in [-0.2, 0) is 6.61 Å². The van der Waals surface area contributed by atoms with Gasteiger partial charge in [0.2, 0.25) is 0 Å². The van der Waals surface area contributed by atoms with Crippen LogP contribution in [0.15, 0.2) is 42.6 Å². The molecular formula is C13H14N2O. The molecule has 0 bridgehead atoms. The number of hydrogen-bond acceptors (Lipinski definition) is 3. The van der Waals surface area contributed by atoms with Crippen LogP contribution >= 0.6 is 0 Å². The normalized spacial score (nSPS) is 10.1. The molecule has 0 saturated carbocycles. The molecule has 1 heterocycles. The van der Waals surface area contributed by atoms with Gasteiger partial charge in [0.1, 0.15) is 12.4 Å². The number of rotatable bonds is 3. The van der Waals surface area contributed by atoms with Crippen molar-refractivity contribution in [1.82, 2.24) is 4.98 Å². The molecule has 82 valence electrons. The third-order valence-corrected chi connectivity index (χ3v) is 2.31. The smallest absolute Gasteiger partial charge is 0.130 e. The lowest BCUT2D eigenvalue weighted by Gasteiger charge is -2.08. The van der Waals surface area contributed by atoms with Crippen LogP contribution in [0, 0.1) is 6.92 Å². The molecule has 0 saturated heterocycles. The average Bonchev–Trinajstić information content (AvgIpc) is 2.28. The van der Waals surface area contributed by atoms with Gasteiger partial charge in [0.25, 0.3) is 0 Å². The van der Waals surface area contributed by atoms with Crippen LogP contribution < -0.4 is 10.5 Å². The standard InChI is InChI=1S/C13H14N2O/c1-10-4-2-3-5-13(10)16-9-12-8-11(14)6-7-15-12/h2-8H,9H2,1H3,(H2,14,15). The van der Waals surface area contributed by atoms with E-state index in [9.17, 15) is 0 Å². The lowest BCUT2D eigenvalue weighted by molar-refractivity contribution is 0.299. The maximum absolute atomic E-state index is 5.66. The van der Waals surface area contributed by atoms with E-state index in [1.54, 1.807) is 12.3 Å². The molecular weight excluding hydrogens is 200 g/mol. The maximum Gasteiger partial charge on any atom is 0.130 e. The van der Waals surface area contributed by atoms with Crippen molar-refractivity contribution in [3.8, 4) is 5.75 Å². The summed E-state index contributed by atoms with van der Waals surface area (Å²) in [7, 11) is 0. The van der Waals surface area contributed by atoms with Crippen LogP contribution in [0.3, 0.4) is 0 Å². The van der Waals surface area contributed by atoms with Crippen LogP contribution in [0.25, 0.3) is 0 Å². The Kier molecular flexibility index (Phi) is 3.05. The highest BCUT2D eigenvalue weighted by Crippen LogP contribution is 2.17. The minimum Gasteiger partial charge on any atom is -0.487 e. The Labute approximate surface area is 94.9 Å². The van der Waals surface area contributed by atoms with Crippen molar-refractivity contribution in [3.05, 3.63) is 53.9 Å². The SMILES string of the molecule is Cc1ccccc1OCc1cc(N)ccn1. The van der Waals surface area contributed by atoms with Crippen molar-refractivity contribution in [2.24, 2.45) is 0 Å². The van der Waals surface area contributed by atoms with Gasteiger partial charge in [-0.2, -0.15) is 0 Å². The maximum atomic E-state index is 5.66. The summed E-state index contributed by atoms with van der Waals surface area (Å²) in [6.07, 6.45) is 1.69. The second-order valence-corrected chi connectivity index (χ2v) is 3.63. The van der Waals surface area contributed by atoms with Crippen LogP contribution in [-0.4, -0.2) is 4.98 Å². The number of aryl methyl sites for hydroxylation is 1. The molecule has 2 aromatic rings. The summed E-state index contributed by atoms with van der Waals surface area (Å²) in [5, 5.41) is 0. The molecule has 0 fully saturated rings. The predicted octanol–water partition coefficient (Wildman–Crippen LogP) is 2.55. The molecule has 2 N–H and O–H groups in total. The number of hydrogen-bond donors (Lipinski definition) is 1. The molecule has 3 nitrogen and oxygen atoms in total. The number of ether oxygens (including phenoxy) is 1. The molecule has 0 unspecified atom stereocenters. The fraction of sp³-hybridized carbons (Fsp3) is 0.154. The van der Waals surface area contributed by atoms with Crippen molar-refractivity contribution in [1.29, 1.82) is 0 Å². The zero-order valence-corrected chi connectivity index (χ0v) is 9.18. The fourth-order valence-corrected chi connectivity index (χ4v) is 1.45. The van der Waals surface area contributed by atoms with Crippen molar-refractivity contribution in [2.75, 3.05) is 5.73 Å². The molecule has 0 radical (unpaired) electrons. The third-order valence-electron chi connectivity index (χ3n) is 2.31. The van der Waals surface area contributed by atoms with Crippen LogP contribution in [0.4, 0.5) is 5.69 Å². The van der Waals surface area contributed by atoms with Gasteiger partial charge in [-0.05, 0) is 30.7 Å². The van der Waals surface area contributed by atoms with Gasteiger partial charge < -0.3 is 10.5 Å². The number of nitrogens with zero attached hydrogens (tertiary/aromatic N) is 1. The van der Waals surface area contributed by atoms with Crippen molar-refractivity contribution >= 4 is 5.69 Å². The molecule has 0 aliphatic carbocycles. The topological polar surface area (TPSA) is 48.1 Å². The number of para-hydroxylation sites is 1. The van der Waals surface area contributed by atoms with Gasteiger partial charge in [0.05, 0.1) is 5.69 Å². The molecule has 0 aliphatic rings. The Bertz CT molecular complexity index is 483. The first-order chi connectivity index (χ1) is 7.75. The van der Waals surface area contributed by atoms with Gasteiger partial charge in [0, 0.05) is 11.9 Å². The highest BCUT2D eigenvalue weighted by molar-refractivity contribution is 5.37. The highest BCUT2D eigenvalue weighted by Gasteiger charge is 1.99. The second kappa shape index (κ2) is 4.66. The van der Waals surface area contributed by atoms with E-state index in [2.05, 4.69) is 4.98 Å². The number of nitrogens with two attached hydrogens (primary N) is 1. The minimum absolute atomic E-state index is 0.440. The molecule has 3 heteroatoms. The van der Waals surface area contributed by atoms with E-state index in [1.165, 1.54) is 0 Å². The number of aromatic nitrogens is 1. The molecule has 2 rings (SSSR count). The first-order valence-corrected chi connectivity index (χ1v) is 5.14. The number of pyridine rings is 1. The van der Waals surface area contributed by atoms with Gasteiger partial charge in [-0.1, -0.05) is 18.2 Å². The van der Waals surface area contributed by atoms with Gasteiger partial charge in [-0.25, -0.2) is 0 Å². The van der Waals surface area contributed by atoms with E-state index in [0.717, 1.165) is 17.0 Å². The Balaban J connectivity index is 2.05. The summed E-state index contributed by atoms with van der Waals surface area (Å²) in [6.45, 7) is 2.46. The quantitative estimate of drug-likeness (QED) is 0.854. The molecule has 0 aliphatic heterocycles. The fourth-order valence-electron chi connectivity index (χ4n) is 1.45. The monoisotopic (exact) mass is 214 g/mol. The molecule has 0 atom stereocenters. The zero-order valence-electron chi connectivity index (χ0n) is 9.18. The first kappa shape index (κ1) is 10.5. The summed E-state index contributed by atoms with van der Waals surface area (Å²) < 4.78 is 5.66. The van der Waals surface area contributed by atoms with Gasteiger partial charge in [-0.15, -0.1) is 0 Å². The average molecular weight is 214 g/mol. The van der Waals surface area contributed by atoms with E-state index < -0.39 is 0 Å². The lowest BCUT2D eigenvalue weighted by atomic mass is 10.2. The number of nitrogen functional groups attached to an aromatic ring is 1. The predicted molar refractivity (Wildman–Crippen MR) is 64.2 cm³/mol. The molecule has 0 amide bonds. The summed E-state index contributed by atoms with van der Waals surface area (Å²) in [5.41, 5.74) is 8.32. The van der Waals surface area contributed by atoms with Crippen molar-refractivity contribution in [2.45, 2.75) is 13.5 Å². The molecule has 1 aromatic carbocycles. The van der Waals surface area contributed by atoms with Gasteiger partial charge in [0.15, 0.2) is 0 Å². The Morgan fingerprint density at radius 2 is 2.06 bits per heavy atom. The summed E-state index contributed by atoms with van der Waals surface area (Å²) >= 11 is 0. The van der Waals surface area contributed by atoms with E-state index in [4.69, 9.17) is 10.5 Å². The van der Waals surface area contributed by atoms with E-state index in [0.29, 0.717) is 12.3 Å². The summed E-state index contributed by atoms with van der Waals surface area (Å²) in [6, 6.07) is 11.5. The largest absolute Gasteiger partial charge is 0.487 e. The first-order valence-electron chi connectivity index (χ1n) is 5.14. The van der Waals surface area contributed by atoms with Crippen LogP contribution in [0.2, 0.25) is 0 Å². The Hall–Kier alpha value is -2.03. The Morgan fingerprint density at radius 1 is 1.25 bits per heavy atom. The van der Waals surface area contributed by atoms with E-state index in [-0.39, 0.29) is 0 Å². The van der Waals surface area contributed by atoms with Crippen LogP contribution in [0.5, 0.6) is 5.75 Å². The van der Waals surface area contributed by atoms with Gasteiger partial charge in [-0.3, -0.25) is 4.98 Å². The second-order valence-electron chi connectivity index (χ2n) is 3.63. The van der Waals surface area contributed by atoms with Crippen molar-refractivity contribution in [3.63, 3.8) is 0 Å². The summed E-state index contributed by atoms with van der Waals surface area (Å²) in [5.74, 6) is 0.881. The van der Waals surface area contributed by atoms with E-state index >= 15 is 0 Å². The lowest BCUT2D eigenvalue weighted by Crippen LogP contribution is -2.00. The number of anilines is 1. The third kappa shape index (κ3) is 2.51. The molecule has 1 aromatic heterocycles. The van der Waals surface area contributed by atoms with Crippen LogP contribution in [0.1, 0.15) is 11.3 Å². The molecule has 16 heavy (non-hydrogen) atoms. The molecule has 0 spiro atoms. The van der Waals surface area contributed by atoms with Crippen molar-refractivity contribution < 1.29 is 4.74 Å². The van der Waals surface area contributed by atoms with Gasteiger partial charge >= 0.3 is 0 Å².